The van der Waals surface area contributed by atoms with E-state index in [1.807, 2.05) is 0 Å². The SMILES string of the molecule is CCC(C)CC(C)n1c(CCCl)nc2cc(Br)ccc21. The van der Waals surface area contributed by atoms with Gasteiger partial charge in [-0.3, -0.25) is 0 Å². The zero-order chi connectivity index (χ0) is 14.7. The molecule has 0 aliphatic carbocycles. The van der Waals surface area contributed by atoms with Gasteiger partial charge in [0.05, 0.1) is 11.0 Å². The second-order valence-electron chi connectivity index (χ2n) is 5.57. The number of nitrogens with zero attached hydrogens (tertiary/aromatic N) is 2. The summed E-state index contributed by atoms with van der Waals surface area (Å²) < 4.78 is 3.44. The lowest BCUT2D eigenvalue weighted by atomic mass is 10.00. The molecule has 2 nitrogen and oxygen atoms in total. The molecular formula is C16H22BrClN2. The van der Waals surface area contributed by atoms with E-state index < -0.39 is 0 Å². The van der Waals surface area contributed by atoms with Gasteiger partial charge in [-0.25, -0.2) is 4.98 Å². The molecule has 0 spiro atoms. The van der Waals surface area contributed by atoms with Crippen LogP contribution in [-0.4, -0.2) is 15.4 Å². The number of aromatic nitrogens is 2. The molecule has 4 heteroatoms. The predicted molar refractivity (Wildman–Crippen MR) is 90.6 cm³/mol. The average molecular weight is 358 g/mol. The number of aryl methyl sites for hydroxylation is 1. The lowest BCUT2D eigenvalue weighted by molar-refractivity contribution is 0.397. The van der Waals surface area contributed by atoms with Gasteiger partial charge < -0.3 is 4.57 Å². The highest BCUT2D eigenvalue weighted by Gasteiger charge is 2.17. The summed E-state index contributed by atoms with van der Waals surface area (Å²) >= 11 is 9.46. The summed E-state index contributed by atoms with van der Waals surface area (Å²) in [7, 11) is 0. The number of fused-ring (bicyclic) bond motifs is 1. The fourth-order valence-electron chi connectivity index (χ4n) is 2.73. The van der Waals surface area contributed by atoms with Crippen LogP contribution in [0.5, 0.6) is 0 Å². The molecule has 0 saturated carbocycles. The average Bonchev–Trinajstić information content (AvgIpc) is 2.76. The standard InChI is InChI=1S/C16H22BrClN2/c1-4-11(2)9-12(3)20-15-6-5-13(17)10-14(15)19-16(20)7-8-18/h5-6,10-12H,4,7-9H2,1-3H3. The van der Waals surface area contributed by atoms with E-state index in [-0.39, 0.29) is 0 Å². The number of rotatable bonds is 6. The van der Waals surface area contributed by atoms with E-state index in [0.29, 0.717) is 11.9 Å². The zero-order valence-corrected chi connectivity index (χ0v) is 14.7. The molecule has 0 saturated heterocycles. The van der Waals surface area contributed by atoms with E-state index in [9.17, 15) is 0 Å². The van der Waals surface area contributed by atoms with Crippen LogP contribution >= 0.6 is 27.5 Å². The molecule has 2 unspecified atom stereocenters. The summed E-state index contributed by atoms with van der Waals surface area (Å²) in [6.07, 6.45) is 3.21. The Hall–Kier alpha value is -0.540. The third kappa shape index (κ3) is 3.37. The van der Waals surface area contributed by atoms with Crippen molar-refractivity contribution in [3.8, 4) is 0 Å². The third-order valence-corrected chi connectivity index (χ3v) is 4.61. The van der Waals surface area contributed by atoms with Crippen molar-refractivity contribution >= 4 is 38.6 Å². The minimum Gasteiger partial charge on any atom is -0.325 e. The van der Waals surface area contributed by atoms with E-state index in [4.69, 9.17) is 16.6 Å². The van der Waals surface area contributed by atoms with Gasteiger partial charge in [-0.15, -0.1) is 11.6 Å². The van der Waals surface area contributed by atoms with Gasteiger partial charge in [-0.05, 0) is 37.5 Å². The number of benzene rings is 1. The molecule has 0 bridgehead atoms. The maximum atomic E-state index is 5.94. The first-order valence-corrected chi connectivity index (χ1v) is 8.61. The second kappa shape index (κ2) is 6.95. The Bertz CT molecular complexity index is 579. The molecule has 1 aromatic carbocycles. The van der Waals surface area contributed by atoms with Crippen LogP contribution < -0.4 is 0 Å². The fraction of sp³-hybridized carbons (Fsp3) is 0.562. The van der Waals surface area contributed by atoms with Crippen LogP contribution in [0.1, 0.15) is 45.5 Å². The number of hydrogen-bond donors (Lipinski definition) is 0. The van der Waals surface area contributed by atoms with Gasteiger partial charge in [0.1, 0.15) is 5.82 Å². The first-order chi connectivity index (χ1) is 9.56. The van der Waals surface area contributed by atoms with E-state index in [1.165, 1.54) is 18.4 Å². The number of halogens is 2. The van der Waals surface area contributed by atoms with Crippen molar-refractivity contribution in [2.45, 2.75) is 46.1 Å². The number of alkyl halides is 1. The largest absolute Gasteiger partial charge is 0.325 e. The van der Waals surface area contributed by atoms with Gasteiger partial charge in [0, 0.05) is 22.8 Å². The molecule has 0 N–H and O–H groups in total. The molecule has 0 aliphatic rings. The van der Waals surface area contributed by atoms with Crippen LogP contribution in [0.2, 0.25) is 0 Å². The summed E-state index contributed by atoms with van der Waals surface area (Å²) in [6, 6.07) is 6.77. The Morgan fingerprint density at radius 3 is 2.75 bits per heavy atom. The summed E-state index contributed by atoms with van der Waals surface area (Å²) in [6.45, 7) is 6.85. The molecule has 1 aromatic heterocycles. The predicted octanol–water partition coefficient (Wildman–Crippen LogP) is 5.58. The lowest BCUT2D eigenvalue weighted by Gasteiger charge is -2.20. The van der Waals surface area contributed by atoms with Gasteiger partial charge in [0.2, 0.25) is 0 Å². The van der Waals surface area contributed by atoms with Crippen molar-refractivity contribution in [2.75, 3.05) is 5.88 Å². The minimum atomic E-state index is 0.453. The van der Waals surface area contributed by atoms with Crippen molar-refractivity contribution in [3.63, 3.8) is 0 Å². The Balaban J connectivity index is 2.45. The summed E-state index contributed by atoms with van der Waals surface area (Å²) in [5, 5.41) is 0. The van der Waals surface area contributed by atoms with Crippen LogP contribution in [0.3, 0.4) is 0 Å². The highest BCUT2D eigenvalue weighted by Crippen LogP contribution is 2.28. The molecule has 1 heterocycles. The Labute approximate surface area is 134 Å². The first-order valence-electron chi connectivity index (χ1n) is 7.29. The molecule has 0 aliphatic heterocycles. The minimum absolute atomic E-state index is 0.453. The Kier molecular flexibility index (Phi) is 5.50. The van der Waals surface area contributed by atoms with E-state index in [0.717, 1.165) is 28.2 Å². The summed E-state index contributed by atoms with van der Waals surface area (Å²) in [4.78, 5) is 4.77. The maximum Gasteiger partial charge on any atom is 0.111 e. The number of imidazole rings is 1. The monoisotopic (exact) mass is 356 g/mol. The van der Waals surface area contributed by atoms with Crippen molar-refractivity contribution < 1.29 is 0 Å². The van der Waals surface area contributed by atoms with Crippen molar-refractivity contribution in [3.05, 3.63) is 28.5 Å². The van der Waals surface area contributed by atoms with Crippen LogP contribution in [0.4, 0.5) is 0 Å². The topological polar surface area (TPSA) is 17.8 Å². The van der Waals surface area contributed by atoms with Crippen LogP contribution in [0.25, 0.3) is 11.0 Å². The first kappa shape index (κ1) is 15.8. The molecular weight excluding hydrogens is 336 g/mol. The Morgan fingerprint density at radius 1 is 1.35 bits per heavy atom. The second-order valence-corrected chi connectivity index (χ2v) is 6.86. The fourth-order valence-corrected chi connectivity index (χ4v) is 3.25. The van der Waals surface area contributed by atoms with Gasteiger partial charge in [-0.1, -0.05) is 36.2 Å². The lowest BCUT2D eigenvalue weighted by Crippen LogP contribution is -2.13. The third-order valence-electron chi connectivity index (χ3n) is 3.92. The molecule has 0 radical (unpaired) electrons. The van der Waals surface area contributed by atoms with Gasteiger partial charge >= 0.3 is 0 Å². The van der Waals surface area contributed by atoms with Crippen LogP contribution in [0.15, 0.2) is 22.7 Å². The summed E-state index contributed by atoms with van der Waals surface area (Å²) in [5.41, 5.74) is 2.26. The molecule has 2 rings (SSSR count). The van der Waals surface area contributed by atoms with Gasteiger partial charge in [-0.2, -0.15) is 0 Å². The zero-order valence-electron chi connectivity index (χ0n) is 12.4. The molecule has 2 aromatic rings. The van der Waals surface area contributed by atoms with E-state index in [2.05, 4.69) is 59.5 Å². The molecule has 2 atom stereocenters. The highest BCUT2D eigenvalue weighted by atomic mass is 79.9. The van der Waals surface area contributed by atoms with Crippen molar-refractivity contribution in [1.29, 1.82) is 0 Å². The highest BCUT2D eigenvalue weighted by molar-refractivity contribution is 9.10. The molecule has 0 amide bonds. The molecule has 110 valence electrons. The maximum absolute atomic E-state index is 5.94. The van der Waals surface area contributed by atoms with Crippen LogP contribution in [0, 0.1) is 5.92 Å². The van der Waals surface area contributed by atoms with Gasteiger partial charge in [0.15, 0.2) is 0 Å². The smallest absolute Gasteiger partial charge is 0.111 e. The van der Waals surface area contributed by atoms with E-state index in [1.54, 1.807) is 0 Å². The van der Waals surface area contributed by atoms with Crippen LogP contribution in [-0.2, 0) is 6.42 Å². The molecule has 20 heavy (non-hydrogen) atoms. The molecule has 0 fully saturated rings. The quantitative estimate of drug-likeness (QED) is 0.617. The van der Waals surface area contributed by atoms with Crippen molar-refractivity contribution in [1.82, 2.24) is 9.55 Å². The normalized spacial score (nSPS) is 14.7. The van der Waals surface area contributed by atoms with Crippen molar-refractivity contribution in [2.24, 2.45) is 5.92 Å². The number of hydrogen-bond acceptors (Lipinski definition) is 1. The van der Waals surface area contributed by atoms with Gasteiger partial charge in [0.25, 0.3) is 0 Å². The summed E-state index contributed by atoms with van der Waals surface area (Å²) in [5.74, 6) is 2.44. The van der Waals surface area contributed by atoms with E-state index >= 15 is 0 Å². The Morgan fingerprint density at radius 2 is 2.10 bits per heavy atom.